The van der Waals surface area contributed by atoms with Crippen LogP contribution in [-0.2, 0) is 17.4 Å². The Labute approximate surface area is 144 Å². The van der Waals surface area contributed by atoms with E-state index in [0.717, 1.165) is 5.56 Å². The van der Waals surface area contributed by atoms with Crippen molar-refractivity contribution in [3.8, 4) is 5.75 Å². The van der Waals surface area contributed by atoms with Crippen LogP contribution in [-0.4, -0.2) is 21.1 Å². The van der Waals surface area contributed by atoms with Crippen LogP contribution in [0.3, 0.4) is 0 Å². The molecule has 1 N–H and O–H groups in total. The SMILES string of the molecule is C[C@@H](NS(=O)C(C)(C)C)c1ccc(F)c2c1OC(C)(CN=[N+]=[N-])C2. The molecule has 0 fully saturated rings. The lowest BCUT2D eigenvalue weighted by Gasteiger charge is -2.25. The molecule has 6 nitrogen and oxygen atoms in total. The third-order valence-corrected chi connectivity index (χ3v) is 5.59. The highest BCUT2D eigenvalue weighted by molar-refractivity contribution is 7.84. The molecule has 0 bridgehead atoms. The van der Waals surface area contributed by atoms with Gasteiger partial charge in [-0.05, 0) is 46.2 Å². The highest BCUT2D eigenvalue weighted by Gasteiger charge is 2.38. The quantitative estimate of drug-likeness (QED) is 0.493. The Morgan fingerprint density at radius 2 is 2.21 bits per heavy atom. The van der Waals surface area contributed by atoms with Gasteiger partial charge in [0.15, 0.2) is 0 Å². The number of azide groups is 1. The fourth-order valence-electron chi connectivity index (χ4n) is 2.57. The average molecular weight is 354 g/mol. The van der Waals surface area contributed by atoms with Gasteiger partial charge in [0, 0.05) is 28.5 Å². The second kappa shape index (κ2) is 6.70. The summed E-state index contributed by atoms with van der Waals surface area (Å²) in [5, 5.41) is 3.56. The van der Waals surface area contributed by atoms with E-state index in [1.165, 1.54) is 6.07 Å². The maximum atomic E-state index is 14.2. The first-order valence-electron chi connectivity index (χ1n) is 7.76. The van der Waals surface area contributed by atoms with Gasteiger partial charge in [-0.3, -0.25) is 0 Å². The lowest BCUT2D eigenvalue weighted by Crippen LogP contribution is -2.35. The molecule has 0 saturated heterocycles. The monoisotopic (exact) mass is 354 g/mol. The Kier molecular flexibility index (Phi) is 5.22. The summed E-state index contributed by atoms with van der Waals surface area (Å²) >= 11 is 0. The summed E-state index contributed by atoms with van der Waals surface area (Å²) in [5.74, 6) is 0.110. The molecule has 1 aromatic rings. The van der Waals surface area contributed by atoms with Crippen LogP contribution in [0.1, 0.15) is 51.8 Å². The highest BCUT2D eigenvalue weighted by atomic mass is 32.2. The highest BCUT2D eigenvalue weighted by Crippen LogP contribution is 2.42. The Hall–Kier alpha value is -1.63. The van der Waals surface area contributed by atoms with Gasteiger partial charge in [-0.15, -0.1) is 0 Å². The molecular formula is C16H23FN4O2S. The van der Waals surface area contributed by atoms with Crippen LogP contribution in [0.25, 0.3) is 10.4 Å². The zero-order valence-electron chi connectivity index (χ0n) is 14.6. The Balaban J connectivity index is 2.31. The number of halogens is 1. The summed E-state index contributed by atoms with van der Waals surface area (Å²) in [6, 6.07) is 2.77. The van der Waals surface area contributed by atoms with Gasteiger partial charge < -0.3 is 4.74 Å². The Morgan fingerprint density at radius 1 is 1.54 bits per heavy atom. The fourth-order valence-corrected chi connectivity index (χ4v) is 3.38. The number of hydrogen-bond acceptors (Lipinski definition) is 3. The van der Waals surface area contributed by atoms with Crippen molar-refractivity contribution in [2.24, 2.45) is 5.11 Å². The number of benzene rings is 1. The van der Waals surface area contributed by atoms with Crippen molar-refractivity contribution in [2.45, 2.75) is 57.4 Å². The van der Waals surface area contributed by atoms with Crippen LogP contribution < -0.4 is 9.46 Å². The topological polar surface area (TPSA) is 87.1 Å². The first-order chi connectivity index (χ1) is 11.1. The molecule has 2 unspecified atom stereocenters. The van der Waals surface area contributed by atoms with Crippen molar-refractivity contribution in [2.75, 3.05) is 6.54 Å². The number of nitrogens with one attached hydrogen (secondary N) is 1. The standard InChI is InChI=1S/C16H23FN4O2S/c1-10(20-24(22)15(2,3)4)11-6-7-13(17)12-8-16(5,9-19-21-18)23-14(11)12/h6-7,10,20H,8-9H2,1-5H3/t10-,16?,24?/m1/s1. The minimum atomic E-state index is -1.26. The van der Waals surface area contributed by atoms with Gasteiger partial charge in [-0.2, -0.15) is 0 Å². The van der Waals surface area contributed by atoms with Crippen molar-refractivity contribution in [3.63, 3.8) is 0 Å². The zero-order valence-corrected chi connectivity index (χ0v) is 15.4. The van der Waals surface area contributed by atoms with E-state index in [1.54, 1.807) is 13.0 Å². The van der Waals surface area contributed by atoms with E-state index in [9.17, 15) is 8.60 Å². The first kappa shape index (κ1) is 18.7. The molecule has 0 spiro atoms. The van der Waals surface area contributed by atoms with Crippen LogP contribution in [0.15, 0.2) is 17.2 Å². The van der Waals surface area contributed by atoms with Gasteiger partial charge in [0.2, 0.25) is 0 Å². The van der Waals surface area contributed by atoms with Crippen molar-refractivity contribution in [1.29, 1.82) is 0 Å². The van der Waals surface area contributed by atoms with Gasteiger partial charge in [-0.1, -0.05) is 11.2 Å². The van der Waals surface area contributed by atoms with E-state index in [1.807, 2.05) is 27.7 Å². The van der Waals surface area contributed by atoms with E-state index < -0.39 is 21.3 Å². The van der Waals surface area contributed by atoms with Gasteiger partial charge in [-0.25, -0.2) is 13.3 Å². The maximum Gasteiger partial charge on any atom is 0.131 e. The van der Waals surface area contributed by atoms with Crippen LogP contribution in [0.4, 0.5) is 4.39 Å². The molecule has 0 saturated carbocycles. The Morgan fingerprint density at radius 3 is 2.79 bits per heavy atom. The van der Waals surface area contributed by atoms with E-state index in [2.05, 4.69) is 14.7 Å². The van der Waals surface area contributed by atoms with Gasteiger partial charge in [0.1, 0.15) is 17.2 Å². The molecule has 1 aliphatic heterocycles. The zero-order chi connectivity index (χ0) is 18.1. The van der Waals surface area contributed by atoms with E-state index in [4.69, 9.17) is 10.3 Å². The van der Waals surface area contributed by atoms with Gasteiger partial charge >= 0.3 is 0 Å². The molecule has 132 valence electrons. The molecule has 0 radical (unpaired) electrons. The number of rotatable bonds is 5. The smallest absolute Gasteiger partial charge is 0.131 e. The molecule has 2 rings (SSSR count). The minimum Gasteiger partial charge on any atom is -0.486 e. The maximum absolute atomic E-state index is 14.2. The van der Waals surface area contributed by atoms with Crippen LogP contribution in [0.5, 0.6) is 5.75 Å². The van der Waals surface area contributed by atoms with E-state index in [0.29, 0.717) is 17.7 Å². The van der Waals surface area contributed by atoms with Crippen molar-refractivity contribution in [1.82, 2.24) is 4.72 Å². The number of fused-ring (bicyclic) bond motifs is 1. The number of hydrogen-bond donors (Lipinski definition) is 1. The average Bonchev–Trinajstić information content (AvgIpc) is 2.83. The van der Waals surface area contributed by atoms with Gasteiger partial charge in [0.05, 0.1) is 22.3 Å². The van der Waals surface area contributed by atoms with Crippen LogP contribution in [0.2, 0.25) is 0 Å². The molecule has 8 heteroatoms. The molecule has 0 amide bonds. The summed E-state index contributed by atoms with van der Waals surface area (Å²) in [6.45, 7) is 9.41. The molecular weight excluding hydrogens is 331 g/mol. The number of nitrogens with zero attached hydrogens (tertiary/aromatic N) is 3. The third-order valence-electron chi connectivity index (χ3n) is 3.91. The molecule has 0 aromatic heterocycles. The summed E-state index contributed by atoms with van der Waals surface area (Å²) in [6.07, 6.45) is 0.329. The van der Waals surface area contributed by atoms with Crippen molar-refractivity contribution in [3.05, 3.63) is 39.5 Å². The molecule has 1 heterocycles. The number of ether oxygens (including phenoxy) is 1. The lowest BCUT2D eigenvalue weighted by atomic mass is 9.97. The second-order valence-corrected chi connectivity index (χ2v) is 9.28. The molecule has 1 aliphatic rings. The second-order valence-electron chi connectivity index (χ2n) is 7.28. The first-order valence-corrected chi connectivity index (χ1v) is 8.91. The van der Waals surface area contributed by atoms with E-state index >= 15 is 0 Å². The lowest BCUT2D eigenvalue weighted by molar-refractivity contribution is 0.124. The largest absolute Gasteiger partial charge is 0.486 e. The molecule has 1 aromatic carbocycles. The summed E-state index contributed by atoms with van der Waals surface area (Å²) in [7, 11) is -1.26. The predicted molar refractivity (Wildman–Crippen MR) is 92.6 cm³/mol. The summed E-state index contributed by atoms with van der Waals surface area (Å²) < 4.78 is 35.1. The minimum absolute atomic E-state index is 0.118. The molecule has 3 atom stereocenters. The van der Waals surface area contributed by atoms with Gasteiger partial charge in [0.25, 0.3) is 0 Å². The summed E-state index contributed by atoms with van der Waals surface area (Å²) in [5.41, 5.74) is 8.96. The van der Waals surface area contributed by atoms with Crippen LogP contribution in [0, 0.1) is 5.82 Å². The molecule has 0 aliphatic carbocycles. The Bertz CT molecular complexity index is 713. The van der Waals surface area contributed by atoms with Crippen molar-refractivity contribution < 1.29 is 13.3 Å². The third kappa shape index (κ3) is 3.88. The van der Waals surface area contributed by atoms with Crippen molar-refractivity contribution >= 4 is 11.0 Å². The normalized spacial score (nSPS) is 22.2. The van der Waals surface area contributed by atoms with Crippen LogP contribution >= 0.6 is 0 Å². The van der Waals surface area contributed by atoms with E-state index in [-0.39, 0.29) is 18.4 Å². The summed E-state index contributed by atoms with van der Waals surface area (Å²) in [4.78, 5) is 2.75. The molecule has 24 heavy (non-hydrogen) atoms. The fraction of sp³-hybridized carbons (Fsp3) is 0.625. The predicted octanol–water partition coefficient (Wildman–Crippen LogP) is 3.94.